The first-order valence-corrected chi connectivity index (χ1v) is 13.5. The van der Waals surface area contributed by atoms with E-state index in [0.29, 0.717) is 41.2 Å². The normalized spacial score (nSPS) is 15.3. The Morgan fingerprint density at radius 3 is 2.37 bits per heavy atom. The number of carbonyl (C=O) groups is 2. The zero-order valence-electron chi connectivity index (χ0n) is 22.8. The van der Waals surface area contributed by atoms with Crippen LogP contribution in [0.15, 0.2) is 91.0 Å². The molecule has 1 amide bonds. The van der Waals surface area contributed by atoms with E-state index in [-0.39, 0.29) is 17.8 Å². The van der Waals surface area contributed by atoms with Crippen LogP contribution >= 0.6 is 0 Å². The molecule has 0 aliphatic carbocycles. The molecule has 0 unspecified atom stereocenters. The van der Waals surface area contributed by atoms with Crippen molar-refractivity contribution in [1.29, 1.82) is 10.8 Å². The number of benzene rings is 4. The average Bonchev–Trinajstić information content (AvgIpc) is 3.45. The van der Waals surface area contributed by atoms with E-state index in [1.807, 2.05) is 53.4 Å². The van der Waals surface area contributed by atoms with E-state index in [1.165, 1.54) is 0 Å². The maximum absolute atomic E-state index is 12.5. The number of carboxylic acid groups (broad SMARTS) is 1. The number of hydrogen-bond donors (Lipinski definition) is 4. The number of rotatable bonds is 8. The molecule has 1 aliphatic rings. The van der Waals surface area contributed by atoms with Crippen LogP contribution in [0.2, 0.25) is 0 Å². The van der Waals surface area contributed by atoms with Crippen molar-refractivity contribution in [3.8, 4) is 5.75 Å². The second kappa shape index (κ2) is 12.0. The van der Waals surface area contributed by atoms with E-state index in [9.17, 15) is 14.7 Å². The summed E-state index contributed by atoms with van der Waals surface area (Å²) in [6, 6.07) is 27.3. The molecule has 5 rings (SSSR count). The number of likely N-dealkylation sites (tertiary alicyclic amines) is 1. The summed E-state index contributed by atoms with van der Waals surface area (Å²) in [6.45, 7) is 3.25. The van der Waals surface area contributed by atoms with Crippen molar-refractivity contribution in [1.82, 2.24) is 10.2 Å². The van der Waals surface area contributed by atoms with Gasteiger partial charge in [-0.05, 0) is 65.6 Å². The molecule has 1 fully saturated rings. The summed E-state index contributed by atoms with van der Waals surface area (Å²) in [6.07, 6.45) is 1.15. The molecule has 1 heterocycles. The SMILES string of the molecule is CC(=N)N1CC[C@H](Oc2ccc([C@H](Cc3ccc4ccc(C(=N)NC(=O)c5ccccc5)cc4c3)C(=O)O)cc2)C1. The summed E-state index contributed by atoms with van der Waals surface area (Å²) in [5.41, 5.74) is 2.58. The van der Waals surface area contributed by atoms with Gasteiger partial charge in [0.15, 0.2) is 0 Å². The number of amides is 1. The van der Waals surface area contributed by atoms with Gasteiger partial charge in [0, 0.05) is 24.1 Å². The van der Waals surface area contributed by atoms with Crippen LogP contribution in [-0.2, 0) is 11.2 Å². The van der Waals surface area contributed by atoms with Gasteiger partial charge in [0.1, 0.15) is 17.7 Å². The van der Waals surface area contributed by atoms with Crippen LogP contribution in [0, 0.1) is 10.8 Å². The molecular formula is C33H32N4O4. The highest BCUT2D eigenvalue weighted by Crippen LogP contribution is 2.27. The quantitative estimate of drug-likeness (QED) is 0.172. The van der Waals surface area contributed by atoms with Crippen LogP contribution in [0.4, 0.5) is 0 Å². The molecule has 2 atom stereocenters. The zero-order chi connectivity index (χ0) is 28.9. The van der Waals surface area contributed by atoms with E-state index < -0.39 is 11.9 Å². The number of ether oxygens (including phenoxy) is 1. The summed E-state index contributed by atoms with van der Waals surface area (Å²) < 4.78 is 6.07. The van der Waals surface area contributed by atoms with Crippen molar-refractivity contribution in [2.24, 2.45) is 0 Å². The number of fused-ring (bicyclic) bond motifs is 1. The molecule has 1 saturated heterocycles. The van der Waals surface area contributed by atoms with Gasteiger partial charge in [-0.15, -0.1) is 0 Å². The molecule has 0 saturated carbocycles. The Balaban J connectivity index is 1.28. The van der Waals surface area contributed by atoms with Gasteiger partial charge < -0.3 is 20.1 Å². The third-order valence-corrected chi connectivity index (χ3v) is 7.41. The van der Waals surface area contributed by atoms with Gasteiger partial charge in [-0.1, -0.05) is 60.7 Å². The van der Waals surface area contributed by atoms with Gasteiger partial charge in [-0.25, -0.2) is 0 Å². The molecule has 1 aliphatic heterocycles. The Labute approximate surface area is 238 Å². The fraction of sp³-hybridized carbons (Fsp3) is 0.212. The van der Waals surface area contributed by atoms with Crippen LogP contribution < -0.4 is 10.1 Å². The van der Waals surface area contributed by atoms with Gasteiger partial charge in [0.2, 0.25) is 0 Å². The minimum Gasteiger partial charge on any atom is -0.489 e. The number of nitrogens with zero attached hydrogens (tertiary/aromatic N) is 1. The van der Waals surface area contributed by atoms with Crippen molar-refractivity contribution in [3.63, 3.8) is 0 Å². The van der Waals surface area contributed by atoms with Crippen molar-refractivity contribution < 1.29 is 19.4 Å². The summed E-state index contributed by atoms with van der Waals surface area (Å²) in [4.78, 5) is 26.7. The lowest BCUT2D eigenvalue weighted by atomic mass is 9.91. The molecular weight excluding hydrogens is 516 g/mol. The van der Waals surface area contributed by atoms with Crippen LogP contribution in [0.5, 0.6) is 5.75 Å². The van der Waals surface area contributed by atoms with Crippen molar-refractivity contribution >= 4 is 34.3 Å². The van der Waals surface area contributed by atoms with Gasteiger partial charge in [0.05, 0.1) is 18.3 Å². The number of hydrogen-bond acceptors (Lipinski definition) is 5. The zero-order valence-corrected chi connectivity index (χ0v) is 22.8. The Morgan fingerprint density at radius 1 is 0.951 bits per heavy atom. The van der Waals surface area contributed by atoms with Crippen LogP contribution in [0.1, 0.15) is 46.3 Å². The largest absolute Gasteiger partial charge is 0.489 e. The third kappa shape index (κ3) is 6.61. The lowest BCUT2D eigenvalue weighted by Crippen LogP contribution is -2.30. The summed E-state index contributed by atoms with van der Waals surface area (Å²) in [7, 11) is 0. The molecule has 0 radical (unpaired) electrons. The van der Waals surface area contributed by atoms with E-state index in [0.717, 1.165) is 29.3 Å². The van der Waals surface area contributed by atoms with Gasteiger partial charge in [-0.2, -0.15) is 0 Å². The monoisotopic (exact) mass is 548 g/mol. The number of amidine groups is 2. The molecule has 8 heteroatoms. The average molecular weight is 549 g/mol. The van der Waals surface area contributed by atoms with Crippen LogP contribution in [0.3, 0.4) is 0 Å². The Bertz CT molecular complexity index is 1600. The molecule has 41 heavy (non-hydrogen) atoms. The molecule has 8 nitrogen and oxygen atoms in total. The van der Waals surface area contributed by atoms with Crippen molar-refractivity contribution in [2.75, 3.05) is 13.1 Å². The Hall–Kier alpha value is -4.98. The van der Waals surface area contributed by atoms with Crippen LogP contribution in [-0.4, -0.2) is 52.7 Å². The summed E-state index contributed by atoms with van der Waals surface area (Å²) in [5.74, 6) is -0.783. The molecule has 4 aromatic carbocycles. The Kier molecular flexibility index (Phi) is 8.10. The number of nitrogens with one attached hydrogen (secondary N) is 3. The minimum atomic E-state index is -0.911. The number of carboxylic acids is 1. The first kappa shape index (κ1) is 27.6. The molecule has 208 valence electrons. The first-order chi connectivity index (χ1) is 19.8. The lowest BCUT2D eigenvalue weighted by molar-refractivity contribution is -0.138. The van der Waals surface area contributed by atoms with E-state index in [1.54, 1.807) is 49.4 Å². The highest BCUT2D eigenvalue weighted by Gasteiger charge is 2.25. The topological polar surface area (TPSA) is 127 Å². The van der Waals surface area contributed by atoms with Gasteiger partial charge in [-0.3, -0.25) is 20.4 Å². The minimum absolute atomic E-state index is 0.00449. The molecule has 4 aromatic rings. The maximum Gasteiger partial charge on any atom is 0.311 e. The van der Waals surface area contributed by atoms with E-state index in [4.69, 9.17) is 15.6 Å². The van der Waals surface area contributed by atoms with Crippen LogP contribution in [0.25, 0.3) is 10.8 Å². The number of carbonyl (C=O) groups excluding carboxylic acids is 1. The smallest absolute Gasteiger partial charge is 0.311 e. The highest BCUT2D eigenvalue weighted by molar-refractivity contribution is 6.12. The van der Waals surface area contributed by atoms with Gasteiger partial charge >= 0.3 is 5.97 Å². The maximum atomic E-state index is 12.5. The Morgan fingerprint density at radius 2 is 1.68 bits per heavy atom. The molecule has 0 spiro atoms. The number of aliphatic carboxylic acids is 1. The second-order valence-corrected chi connectivity index (χ2v) is 10.3. The third-order valence-electron chi connectivity index (χ3n) is 7.41. The fourth-order valence-corrected chi connectivity index (χ4v) is 5.11. The van der Waals surface area contributed by atoms with Gasteiger partial charge in [0.25, 0.3) is 5.91 Å². The van der Waals surface area contributed by atoms with Crippen molar-refractivity contribution in [2.45, 2.75) is 31.8 Å². The highest BCUT2D eigenvalue weighted by atomic mass is 16.5. The molecule has 0 bridgehead atoms. The molecule has 0 aromatic heterocycles. The predicted molar refractivity (Wildman–Crippen MR) is 159 cm³/mol. The first-order valence-electron chi connectivity index (χ1n) is 13.5. The fourth-order valence-electron chi connectivity index (χ4n) is 5.11. The van der Waals surface area contributed by atoms with E-state index in [2.05, 4.69) is 5.32 Å². The standard InChI is InChI=1S/C33H32N4O4/c1-21(34)37-16-15-29(20-37)41-28-13-11-24(12-14-28)30(33(39)40)18-22-7-8-23-9-10-26(19-27(23)17-22)31(35)36-32(38)25-5-3-2-4-6-25/h2-14,17,19,29-30,34H,15-16,18,20H2,1H3,(H,39,40)(H2,35,36,38)/t29-,30-/m0/s1. The lowest BCUT2D eigenvalue weighted by Gasteiger charge is -2.18. The molecule has 4 N–H and O–H groups in total. The van der Waals surface area contributed by atoms with Crippen molar-refractivity contribution in [3.05, 3.63) is 113 Å². The van der Waals surface area contributed by atoms with E-state index >= 15 is 0 Å². The predicted octanol–water partition coefficient (Wildman–Crippen LogP) is 5.46. The second-order valence-electron chi connectivity index (χ2n) is 10.3. The summed E-state index contributed by atoms with van der Waals surface area (Å²) >= 11 is 0. The summed E-state index contributed by atoms with van der Waals surface area (Å²) in [5, 5.41) is 30.7.